The van der Waals surface area contributed by atoms with Gasteiger partial charge in [-0.05, 0) is 22.7 Å². The zero-order valence-corrected chi connectivity index (χ0v) is 14.1. The molecule has 1 aliphatic rings. The van der Waals surface area contributed by atoms with Gasteiger partial charge in [0.05, 0.1) is 34.9 Å². The van der Waals surface area contributed by atoms with Gasteiger partial charge in [0.15, 0.2) is 0 Å². The standard InChI is InChI=1S/C20H21N3O3/c21-23-22-20-18(26-14-17-9-5-2-6-10-17)11-12-25-19(20)15-24-13-16-7-3-1-4-8-16/h1-12,18-20H,13-15H2/t18-,19-,20-/m1/s1/i13D,14D/t13?,14?,18-,19-,20-. The van der Waals surface area contributed by atoms with Crippen molar-refractivity contribution < 1.29 is 17.0 Å². The van der Waals surface area contributed by atoms with Crippen molar-refractivity contribution >= 4 is 0 Å². The van der Waals surface area contributed by atoms with Crippen LogP contribution in [0.15, 0.2) is 78.1 Å². The second kappa shape index (κ2) is 9.63. The summed E-state index contributed by atoms with van der Waals surface area (Å²) in [4.78, 5) is 2.89. The lowest BCUT2D eigenvalue weighted by Crippen LogP contribution is -2.42. The molecule has 6 nitrogen and oxygen atoms in total. The third-order valence-electron chi connectivity index (χ3n) is 3.86. The van der Waals surface area contributed by atoms with Crippen LogP contribution in [0.3, 0.4) is 0 Å². The molecule has 134 valence electrons. The molecule has 6 heteroatoms. The first-order valence-corrected chi connectivity index (χ1v) is 8.27. The van der Waals surface area contributed by atoms with Gasteiger partial charge in [-0.3, -0.25) is 0 Å². The van der Waals surface area contributed by atoms with Crippen molar-refractivity contribution in [2.45, 2.75) is 31.4 Å². The zero-order valence-electron chi connectivity index (χ0n) is 16.1. The molecule has 26 heavy (non-hydrogen) atoms. The highest BCUT2D eigenvalue weighted by atomic mass is 16.5. The summed E-state index contributed by atoms with van der Waals surface area (Å²) in [7, 11) is 0. The normalized spacial score (nSPS) is 25.2. The highest BCUT2D eigenvalue weighted by Crippen LogP contribution is 2.21. The summed E-state index contributed by atoms with van der Waals surface area (Å²) in [5.41, 5.74) is 10.4. The molecule has 0 radical (unpaired) electrons. The Morgan fingerprint density at radius 2 is 1.69 bits per heavy atom. The average molecular weight is 353 g/mol. The number of ether oxygens (including phenoxy) is 3. The van der Waals surface area contributed by atoms with Crippen LogP contribution in [-0.4, -0.2) is 24.9 Å². The monoisotopic (exact) mass is 353 g/mol. The van der Waals surface area contributed by atoms with E-state index in [4.69, 9.17) is 22.5 Å². The molecule has 5 atom stereocenters. The minimum Gasteiger partial charge on any atom is -0.495 e. The number of rotatable bonds is 8. The van der Waals surface area contributed by atoms with Crippen LogP contribution in [0.2, 0.25) is 0 Å². The smallest absolute Gasteiger partial charge is 0.132 e. The lowest BCUT2D eigenvalue weighted by atomic mass is 10.0. The molecule has 0 aromatic heterocycles. The van der Waals surface area contributed by atoms with E-state index in [1.807, 2.05) is 36.4 Å². The number of hydrogen-bond acceptors (Lipinski definition) is 4. The maximum Gasteiger partial charge on any atom is 0.132 e. The summed E-state index contributed by atoms with van der Waals surface area (Å²) in [6.45, 7) is -1.76. The van der Waals surface area contributed by atoms with Gasteiger partial charge in [0.1, 0.15) is 12.1 Å². The third-order valence-corrected chi connectivity index (χ3v) is 3.86. The fourth-order valence-corrected chi connectivity index (χ4v) is 2.55. The van der Waals surface area contributed by atoms with Crippen LogP contribution in [0.4, 0.5) is 0 Å². The summed E-state index contributed by atoms with van der Waals surface area (Å²) in [5, 5.41) is 3.80. The SMILES string of the molecule is [2H]C(OC[C@H]1OC=C[C@@H](OC([2H])c2ccccc2)[C@H]1N=[N+]=[N-])c1ccccc1. The average Bonchev–Trinajstić information content (AvgIpc) is 2.75. The van der Waals surface area contributed by atoms with Crippen LogP contribution in [0.1, 0.15) is 13.9 Å². The van der Waals surface area contributed by atoms with Crippen molar-refractivity contribution in [2.24, 2.45) is 5.11 Å². The lowest BCUT2D eigenvalue weighted by molar-refractivity contribution is -0.0470. The quantitative estimate of drug-likeness (QED) is 0.401. The van der Waals surface area contributed by atoms with Gasteiger partial charge in [-0.15, -0.1) is 0 Å². The van der Waals surface area contributed by atoms with E-state index in [9.17, 15) is 0 Å². The van der Waals surface area contributed by atoms with Crippen LogP contribution < -0.4 is 0 Å². The van der Waals surface area contributed by atoms with E-state index in [0.29, 0.717) is 5.56 Å². The molecule has 1 heterocycles. The van der Waals surface area contributed by atoms with Crippen LogP contribution in [0.25, 0.3) is 10.4 Å². The van der Waals surface area contributed by atoms with Crippen molar-refractivity contribution in [3.8, 4) is 0 Å². The summed E-state index contributed by atoms with van der Waals surface area (Å²) in [6, 6.07) is 17.6. The first-order valence-electron chi connectivity index (χ1n) is 9.42. The van der Waals surface area contributed by atoms with Gasteiger partial charge in [-0.2, -0.15) is 0 Å². The maximum atomic E-state index is 8.96. The van der Waals surface area contributed by atoms with E-state index in [-0.39, 0.29) is 6.61 Å². The molecule has 2 aromatic rings. The van der Waals surface area contributed by atoms with Gasteiger partial charge in [0.2, 0.25) is 0 Å². The Balaban J connectivity index is 1.65. The van der Waals surface area contributed by atoms with Crippen LogP contribution in [0.5, 0.6) is 0 Å². The molecular weight excluding hydrogens is 330 g/mol. The molecule has 1 aliphatic heterocycles. The van der Waals surface area contributed by atoms with Crippen molar-refractivity contribution in [2.75, 3.05) is 6.61 Å². The summed E-state index contributed by atoms with van der Waals surface area (Å²) in [6.07, 6.45) is 1.82. The number of azide groups is 1. The lowest BCUT2D eigenvalue weighted by Gasteiger charge is -2.31. The minimum absolute atomic E-state index is 0.0466. The fraction of sp³-hybridized carbons (Fsp3) is 0.300. The Hall–Kier alpha value is -2.79. The molecule has 0 N–H and O–H groups in total. The topological polar surface area (TPSA) is 76.5 Å². The molecule has 0 amide bonds. The second-order valence-electron chi connectivity index (χ2n) is 5.69. The molecular formula is C20H21N3O3. The Morgan fingerprint density at radius 3 is 2.35 bits per heavy atom. The van der Waals surface area contributed by atoms with E-state index in [1.54, 1.807) is 30.3 Å². The van der Waals surface area contributed by atoms with Crippen molar-refractivity contribution in [1.29, 1.82) is 0 Å². The molecule has 0 saturated heterocycles. The van der Waals surface area contributed by atoms with E-state index in [1.165, 1.54) is 6.26 Å². The molecule has 0 saturated carbocycles. The van der Waals surface area contributed by atoms with Crippen molar-refractivity contribution in [1.82, 2.24) is 0 Å². The first kappa shape index (κ1) is 15.5. The largest absolute Gasteiger partial charge is 0.495 e. The molecule has 0 spiro atoms. The Kier molecular flexibility index (Phi) is 5.73. The van der Waals surface area contributed by atoms with Crippen LogP contribution in [-0.2, 0) is 27.4 Å². The van der Waals surface area contributed by atoms with Gasteiger partial charge in [-0.25, -0.2) is 0 Å². The minimum atomic E-state index is -0.930. The zero-order chi connectivity index (χ0) is 19.8. The molecule has 2 aromatic carbocycles. The van der Waals surface area contributed by atoms with E-state index < -0.39 is 31.4 Å². The van der Waals surface area contributed by atoms with Crippen molar-refractivity contribution in [3.63, 3.8) is 0 Å². The molecule has 2 unspecified atom stereocenters. The van der Waals surface area contributed by atoms with E-state index in [2.05, 4.69) is 10.0 Å². The van der Waals surface area contributed by atoms with Gasteiger partial charge in [0.25, 0.3) is 0 Å². The van der Waals surface area contributed by atoms with Crippen LogP contribution in [0, 0.1) is 0 Å². The Morgan fingerprint density at radius 1 is 1.04 bits per heavy atom. The summed E-state index contributed by atoms with van der Waals surface area (Å²) >= 11 is 0. The predicted octanol–water partition coefficient (Wildman–Crippen LogP) is 4.38. The van der Waals surface area contributed by atoms with Gasteiger partial charge in [0, 0.05) is 4.91 Å². The van der Waals surface area contributed by atoms with Gasteiger partial charge >= 0.3 is 0 Å². The van der Waals surface area contributed by atoms with E-state index >= 15 is 0 Å². The maximum absolute atomic E-state index is 8.96. The summed E-state index contributed by atoms with van der Waals surface area (Å²) < 4.78 is 33.3. The summed E-state index contributed by atoms with van der Waals surface area (Å²) in [5.74, 6) is 0. The molecule has 3 rings (SSSR count). The number of nitrogens with zero attached hydrogens (tertiary/aromatic N) is 3. The number of benzene rings is 2. The van der Waals surface area contributed by atoms with Gasteiger partial charge < -0.3 is 14.2 Å². The number of hydrogen-bond donors (Lipinski definition) is 0. The predicted molar refractivity (Wildman–Crippen MR) is 98.1 cm³/mol. The Labute approximate surface area is 155 Å². The third kappa shape index (κ3) is 5.10. The highest BCUT2D eigenvalue weighted by molar-refractivity contribution is 5.14. The fourth-order valence-electron chi connectivity index (χ4n) is 2.55. The van der Waals surface area contributed by atoms with E-state index in [0.717, 1.165) is 5.56 Å². The Bertz CT molecular complexity index is 816. The molecule has 0 fully saturated rings. The van der Waals surface area contributed by atoms with Gasteiger partial charge in [-0.1, -0.05) is 65.8 Å². The first-order chi connectivity index (χ1) is 13.7. The molecule has 0 aliphatic carbocycles. The second-order valence-corrected chi connectivity index (χ2v) is 5.69. The highest BCUT2D eigenvalue weighted by Gasteiger charge is 2.32. The molecule has 0 bridgehead atoms. The van der Waals surface area contributed by atoms with Crippen LogP contribution >= 0.6 is 0 Å². The van der Waals surface area contributed by atoms with Crippen molar-refractivity contribution in [3.05, 3.63) is 94.6 Å².